The van der Waals surface area contributed by atoms with Gasteiger partial charge in [-0.25, -0.2) is 9.97 Å². The standard InChI is InChI=1S/C11H15ClF3N3O/c1-3-8-17-9(12)7(2)10(18-8)16-4-5-19-6-11(13,14)15/h3-6H2,1-2H3,(H,16,17,18). The van der Waals surface area contributed by atoms with Crippen LogP contribution in [0.3, 0.4) is 0 Å². The molecule has 1 rings (SSSR count). The minimum atomic E-state index is -4.30. The Hall–Kier alpha value is -1.08. The van der Waals surface area contributed by atoms with Crippen molar-refractivity contribution in [3.8, 4) is 0 Å². The van der Waals surface area contributed by atoms with E-state index in [1.807, 2.05) is 6.92 Å². The van der Waals surface area contributed by atoms with Crippen molar-refractivity contribution in [3.63, 3.8) is 0 Å². The Balaban J connectivity index is 2.47. The number of halogens is 4. The van der Waals surface area contributed by atoms with E-state index in [2.05, 4.69) is 20.0 Å². The van der Waals surface area contributed by atoms with E-state index in [-0.39, 0.29) is 13.2 Å². The van der Waals surface area contributed by atoms with Crippen LogP contribution in [0.1, 0.15) is 18.3 Å². The molecule has 0 fully saturated rings. The van der Waals surface area contributed by atoms with E-state index in [0.717, 1.165) is 0 Å². The highest BCUT2D eigenvalue weighted by molar-refractivity contribution is 6.30. The van der Waals surface area contributed by atoms with Crippen LogP contribution in [0, 0.1) is 6.92 Å². The molecule has 1 heterocycles. The van der Waals surface area contributed by atoms with Gasteiger partial charge in [0.1, 0.15) is 23.4 Å². The Kier molecular flexibility index (Phi) is 5.81. The highest BCUT2D eigenvalue weighted by Crippen LogP contribution is 2.20. The van der Waals surface area contributed by atoms with Crippen molar-refractivity contribution in [1.82, 2.24) is 9.97 Å². The molecule has 4 nitrogen and oxygen atoms in total. The van der Waals surface area contributed by atoms with Crippen molar-refractivity contribution < 1.29 is 17.9 Å². The minimum absolute atomic E-state index is 0.0674. The molecule has 0 radical (unpaired) electrons. The molecule has 0 bridgehead atoms. The van der Waals surface area contributed by atoms with Crippen LogP contribution in [0.4, 0.5) is 19.0 Å². The number of aryl methyl sites for hydroxylation is 1. The van der Waals surface area contributed by atoms with Crippen LogP contribution in [0.5, 0.6) is 0 Å². The smallest absolute Gasteiger partial charge is 0.370 e. The van der Waals surface area contributed by atoms with Crippen LogP contribution in [0.15, 0.2) is 0 Å². The summed E-state index contributed by atoms with van der Waals surface area (Å²) in [6.45, 7) is 2.52. The first-order chi connectivity index (χ1) is 8.83. The zero-order valence-electron chi connectivity index (χ0n) is 10.6. The van der Waals surface area contributed by atoms with Crippen molar-refractivity contribution in [3.05, 3.63) is 16.5 Å². The maximum Gasteiger partial charge on any atom is 0.411 e. The molecular weight excluding hydrogens is 283 g/mol. The van der Waals surface area contributed by atoms with E-state index < -0.39 is 12.8 Å². The fraction of sp³-hybridized carbons (Fsp3) is 0.636. The second-order valence-corrected chi connectivity index (χ2v) is 4.21. The number of alkyl halides is 3. The van der Waals surface area contributed by atoms with Crippen molar-refractivity contribution in [2.24, 2.45) is 0 Å². The second kappa shape index (κ2) is 6.91. The molecule has 0 aromatic carbocycles. The zero-order valence-corrected chi connectivity index (χ0v) is 11.4. The summed E-state index contributed by atoms with van der Waals surface area (Å²) in [5.74, 6) is 1.10. The summed E-state index contributed by atoms with van der Waals surface area (Å²) in [5, 5.41) is 3.23. The molecule has 0 saturated carbocycles. The second-order valence-electron chi connectivity index (χ2n) is 3.85. The molecule has 0 aliphatic heterocycles. The lowest BCUT2D eigenvalue weighted by Crippen LogP contribution is -2.20. The van der Waals surface area contributed by atoms with Gasteiger partial charge in [-0.1, -0.05) is 18.5 Å². The Bertz CT molecular complexity index is 426. The molecule has 1 N–H and O–H groups in total. The molecule has 108 valence electrons. The van der Waals surface area contributed by atoms with E-state index in [4.69, 9.17) is 11.6 Å². The number of rotatable bonds is 6. The largest absolute Gasteiger partial charge is 0.411 e. The summed E-state index contributed by atoms with van der Waals surface area (Å²) in [7, 11) is 0. The van der Waals surface area contributed by atoms with Crippen LogP contribution in [0.25, 0.3) is 0 Å². The fourth-order valence-corrected chi connectivity index (χ4v) is 1.48. The Morgan fingerprint density at radius 3 is 2.58 bits per heavy atom. The number of hydrogen-bond donors (Lipinski definition) is 1. The van der Waals surface area contributed by atoms with E-state index in [0.29, 0.717) is 28.8 Å². The monoisotopic (exact) mass is 297 g/mol. The molecule has 1 aromatic heterocycles. The Morgan fingerprint density at radius 1 is 1.32 bits per heavy atom. The predicted molar refractivity (Wildman–Crippen MR) is 66.5 cm³/mol. The van der Waals surface area contributed by atoms with Gasteiger partial charge in [0.15, 0.2) is 0 Å². The molecule has 1 aromatic rings. The first kappa shape index (κ1) is 16.0. The third-order valence-electron chi connectivity index (χ3n) is 2.25. The first-order valence-corrected chi connectivity index (χ1v) is 6.12. The first-order valence-electron chi connectivity index (χ1n) is 5.75. The van der Waals surface area contributed by atoms with Crippen LogP contribution in [-0.2, 0) is 11.2 Å². The molecule has 0 saturated heterocycles. The molecular formula is C11H15ClF3N3O. The molecule has 0 aliphatic carbocycles. The average molecular weight is 298 g/mol. The van der Waals surface area contributed by atoms with Gasteiger partial charge in [0.25, 0.3) is 0 Å². The number of anilines is 1. The fourth-order valence-electron chi connectivity index (χ4n) is 1.29. The minimum Gasteiger partial charge on any atom is -0.370 e. The van der Waals surface area contributed by atoms with Gasteiger partial charge in [-0.2, -0.15) is 13.2 Å². The number of ether oxygens (including phenoxy) is 1. The predicted octanol–water partition coefficient (Wildman–Crippen LogP) is 2.99. The van der Waals surface area contributed by atoms with E-state index >= 15 is 0 Å². The van der Waals surface area contributed by atoms with Gasteiger partial charge in [-0.05, 0) is 6.92 Å². The number of hydrogen-bond acceptors (Lipinski definition) is 4. The summed E-state index contributed by atoms with van der Waals surface area (Å²) >= 11 is 5.93. The lowest BCUT2D eigenvalue weighted by atomic mass is 10.3. The van der Waals surface area contributed by atoms with Gasteiger partial charge in [-0.3, -0.25) is 0 Å². The van der Waals surface area contributed by atoms with Gasteiger partial charge in [0.05, 0.1) is 6.61 Å². The van der Waals surface area contributed by atoms with Crippen molar-refractivity contribution >= 4 is 17.4 Å². The van der Waals surface area contributed by atoms with Gasteiger partial charge in [0.2, 0.25) is 0 Å². The maximum atomic E-state index is 11.8. The van der Waals surface area contributed by atoms with E-state index in [1.54, 1.807) is 6.92 Å². The van der Waals surface area contributed by atoms with Crippen molar-refractivity contribution in [1.29, 1.82) is 0 Å². The third kappa shape index (κ3) is 5.61. The summed E-state index contributed by atoms with van der Waals surface area (Å²) in [5.41, 5.74) is 0.662. The van der Waals surface area contributed by atoms with E-state index in [9.17, 15) is 13.2 Å². The normalized spacial score (nSPS) is 11.7. The number of aromatic nitrogens is 2. The lowest BCUT2D eigenvalue weighted by molar-refractivity contribution is -0.172. The van der Waals surface area contributed by atoms with E-state index in [1.165, 1.54) is 0 Å². The van der Waals surface area contributed by atoms with Gasteiger partial charge in [-0.15, -0.1) is 0 Å². The van der Waals surface area contributed by atoms with Crippen molar-refractivity contribution in [2.45, 2.75) is 26.4 Å². The Morgan fingerprint density at radius 2 is 2.00 bits per heavy atom. The number of nitrogens with zero attached hydrogens (tertiary/aromatic N) is 2. The zero-order chi connectivity index (χ0) is 14.5. The molecule has 8 heteroatoms. The maximum absolute atomic E-state index is 11.8. The molecule has 0 aliphatic rings. The highest BCUT2D eigenvalue weighted by atomic mass is 35.5. The van der Waals surface area contributed by atoms with Crippen LogP contribution in [-0.4, -0.2) is 35.9 Å². The quantitative estimate of drug-likeness (QED) is 0.648. The molecule has 0 amide bonds. The summed E-state index contributed by atoms with van der Waals surface area (Å²) in [4.78, 5) is 8.28. The van der Waals surface area contributed by atoms with Crippen LogP contribution >= 0.6 is 11.6 Å². The summed E-state index contributed by atoms with van der Waals surface area (Å²) in [6.07, 6.45) is -3.68. The molecule has 0 atom stereocenters. The van der Waals surface area contributed by atoms with Crippen molar-refractivity contribution in [2.75, 3.05) is 25.1 Å². The molecule has 0 unspecified atom stereocenters. The number of nitrogens with one attached hydrogen (secondary N) is 1. The highest BCUT2D eigenvalue weighted by Gasteiger charge is 2.27. The summed E-state index contributed by atoms with van der Waals surface area (Å²) in [6, 6.07) is 0. The molecule has 19 heavy (non-hydrogen) atoms. The SMILES string of the molecule is CCc1nc(Cl)c(C)c(NCCOCC(F)(F)F)n1. The van der Waals surface area contributed by atoms with Gasteiger partial charge < -0.3 is 10.1 Å². The van der Waals surface area contributed by atoms with Crippen LogP contribution in [0.2, 0.25) is 5.15 Å². The Labute approximate surface area is 114 Å². The van der Waals surface area contributed by atoms with Crippen LogP contribution < -0.4 is 5.32 Å². The van der Waals surface area contributed by atoms with Gasteiger partial charge >= 0.3 is 6.18 Å². The third-order valence-corrected chi connectivity index (χ3v) is 2.62. The average Bonchev–Trinajstić information content (AvgIpc) is 2.32. The van der Waals surface area contributed by atoms with Gasteiger partial charge in [0, 0.05) is 18.5 Å². The topological polar surface area (TPSA) is 47.0 Å². The lowest BCUT2D eigenvalue weighted by Gasteiger charge is -2.11. The summed E-state index contributed by atoms with van der Waals surface area (Å²) < 4.78 is 40.0. The molecule has 0 spiro atoms.